The van der Waals surface area contributed by atoms with E-state index in [-0.39, 0.29) is 31.6 Å². The predicted molar refractivity (Wildman–Crippen MR) is 134 cm³/mol. The summed E-state index contributed by atoms with van der Waals surface area (Å²) in [5.74, 6) is -0.652. The van der Waals surface area contributed by atoms with Crippen molar-refractivity contribution in [1.29, 1.82) is 0 Å². The van der Waals surface area contributed by atoms with Gasteiger partial charge in [-0.3, -0.25) is 4.90 Å². The van der Waals surface area contributed by atoms with Crippen LogP contribution in [0.2, 0.25) is 0 Å². The highest BCUT2D eigenvalue weighted by Crippen LogP contribution is 2.44. The van der Waals surface area contributed by atoms with Gasteiger partial charge in [-0.1, -0.05) is 0 Å². The quantitative estimate of drug-likeness (QED) is 0.284. The summed E-state index contributed by atoms with van der Waals surface area (Å²) in [5, 5.41) is 9.52. The summed E-state index contributed by atoms with van der Waals surface area (Å²) in [6.07, 6.45) is -9.23. The highest BCUT2D eigenvalue weighted by molar-refractivity contribution is 5.74. The van der Waals surface area contributed by atoms with Gasteiger partial charge >= 0.3 is 24.4 Å². The summed E-state index contributed by atoms with van der Waals surface area (Å²) in [7, 11) is 1.21. The molecule has 3 rings (SSSR count). The number of urea groups is 2. The third-order valence-corrected chi connectivity index (χ3v) is 7.73. The van der Waals surface area contributed by atoms with Gasteiger partial charge in [0.2, 0.25) is 0 Å². The molecule has 0 aliphatic carbocycles. The van der Waals surface area contributed by atoms with Gasteiger partial charge in [-0.15, -0.1) is 4.59 Å². The Balaban J connectivity index is 2.14. The molecule has 1 aliphatic rings. The normalized spacial score (nSPS) is 22.2. The molecule has 1 heterocycles. The van der Waals surface area contributed by atoms with Crippen LogP contribution in [0.5, 0.6) is 0 Å². The monoisotopic (exact) mass is 593 g/mol. The maximum absolute atomic E-state index is 14.2. The Bertz CT molecular complexity index is 1250. The number of benzene rings is 2. The van der Waals surface area contributed by atoms with E-state index in [4.69, 9.17) is 5.73 Å². The van der Waals surface area contributed by atoms with Crippen LogP contribution in [-0.4, -0.2) is 46.9 Å². The van der Waals surface area contributed by atoms with Crippen molar-refractivity contribution in [3.8, 4) is 0 Å². The van der Waals surface area contributed by atoms with Crippen LogP contribution in [0.4, 0.5) is 40.3 Å². The maximum atomic E-state index is 14.2. The van der Waals surface area contributed by atoms with E-state index in [9.17, 15) is 45.4 Å². The third-order valence-electron chi connectivity index (χ3n) is 7.73. The lowest BCUT2D eigenvalue weighted by Gasteiger charge is -2.47. The number of halogens is 7. The van der Waals surface area contributed by atoms with Crippen LogP contribution in [-0.2, 0) is 12.4 Å². The molecule has 1 fully saturated rings. The molecule has 0 bridgehead atoms. The lowest BCUT2D eigenvalue weighted by molar-refractivity contribution is -0.925. The van der Waals surface area contributed by atoms with E-state index in [2.05, 4.69) is 5.43 Å². The number of amides is 4. The molecular formula is C27H32F7N4O3+. The molecule has 0 radical (unpaired) electrons. The SMILES string of the molecule is Cc1cc(F)ccc1[C@H]1C[C@@H](CCO)CC[N+]1(NC(N)=O)C(=O)N(C)C(C)c1cc(C(F)(F)F)cc(C(F)(F)F)c1. The molecule has 4 atom stereocenters. The van der Waals surface area contributed by atoms with E-state index in [1.165, 1.54) is 32.2 Å². The summed E-state index contributed by atoms with van der Waals surface area (Å²) in [6.45, 7) is 2.67. The average molecular weight is 594 g/mol. The van der Waals surface area contributed by atoms with Crippen LogP contribution in [0.25, 0.3) is 0 Å². The molecule has 7 nitrogen and oxygen atoms in total. The second-order valence-corrected chi connectivity index (χ2v) is 10.4. The van der Waals surface area contributed by atoms with Crippen molar-refractivity contribution in [3.63, 3.8) is 0 Å². The number of rotatable bonds is 5. The molecule has 1 aliphatic heterocycles. The number of nitrogens with one attached hydrogen (secondary N) is 1. The van der Waals surface area contributed by atoms with Gasteiger partial charge in [0.25, 0.3) is 0 Å². The van der Waals surface area contributed by atoms with Gasteiger partial charge in [-0.25, -0.2) is 14.0 Å². The fourth-order valence-corrected chi connectivity index (χ4v) is 5.48. The molecule has 4 amide bonds. The fourth-order valence-electron chi connectivity index (χ4n) is 5.48. The maximum Gasteiger partial charge on any atom is 0.444 e. The molecule has 1 saturated heterocycles. The number of primary amides is 1. The highest BCUT2D eigenvalue weighted by atomic mass is 19.4. The second kappa shape index (κ2) is 11.8. The first-order valence-electron chi connectivity index (χ1n) is 12.8. The van der Waals surface area contributed by atoms with Crippen LogP contribution in [0.15, 0.2) is 36.4 Å². The van der Waals surface area contributed by atoms with Crippen LogP contribution >= 0.6 is 0 Å². The molecule has 4 N–H and O–H groups in total. The average Bonchev–Trinajstić information content (AvgIpc) is 2.87. The lowest BCUT2D eigenvalue weighted by Crippen LogP contribution is -2.71. The molecule has 0 saturated carbocycles. The van der Waals surface area contributed by atoms with Crippen molar-refractivity contribution in [2.45, 2.75) is 57.5 Å². The van der Waals surface area contributed by atoms with E-state index in [1.54, 1.807) is 6.92 Å². The molecule has 14 heteroatoms. The minimum absolute atomic E-state index is 0.0000167. The van der Waals surface area contributed by atoms with E-state index in [0.29, 0.717) is 36.1 Å². The summed E-state index contributed by atoms with van der Waals surface area (Å²) < 4.78 is 94.1. The zero-order chi connectivity index (χ0) is 30.9. The summed E-state index contributed by atoms with van der Waals surface area (Å²) in [5.41, 5.74) is 5.40. The Morgan fingerprint density at radius 3 is 2.17 bits per heavy atom. The van der Waals surface area contributed by atoms with Gasteiger partial charge in [0.15, 0.2) is 0 Å². The number of carbonyl (C=O) groups excluding carboxylic acids is 2. The third kappa shape index (κ3) is 6.92. The van der Waals surface area contributed by atoms with Crippen molar-refractivity contribution in [1.82, 2.24) is 10.3 Å². The van der Waals surface area contributed by atoms with Crippen molar-refractivity contribution in [3.05, 3.63) is 70.0 Å². The number of alkyl halides is 6. The molecule has 0 aromatic heterocycles. The molecule has 0 spiro atoms. The summed E-state index contributed by atoms with van der Waals surface area (Å²) in [6, 6.07) is 0.850. The van der Waals surface area contributed by atoms with Crippen molar-refractivity contribution < 1.29 is 50.0 Å². The largest absolute Gasteiger partial charge is 0.444 e. The Hall–Kier alpha value is -3.39. The molecule has 2 aromatic rings. The van der Waals surface area contributed by atoms with E-state index in [1.807, 2.05) is 0 Å². The topological polar surface area (TPSA) is 95.7 Å². The van der Waals surface area contributed by atoms with Gasteiger partial charge in [-0.2, -0.15) is 31.8 Å². The number of hydrogen-bond donors (Lipinski definition) is 3. The Morgan fingerprint density at radius 2 is 1.68 bits per heavy atom. The summed E-state index contributed by atoms with van der Waals surface area (Å²) in [4.78, 5) is 27.4. The number of hydrogen-bond acceptors (Lipinski definition) is 3. The number of likely N-dealkylation sites (tertiary alicyclic amines) is 1. The van der Waals surface area contributed by atoms with E-state index >= 15 is 0 Å². The Labute approximate surface area is 232 Å². The molecule has 2 unspecified atom stereocenters. The first-order valence-corrected chi connectivity index (χ1v) is 12.8. The van der Waals surface area contributed by atoms with Gasteiger partial charge in [0, 0.05) is 32.1 Å². The molecule has 2 aromatic carbocycles. The predicted octanol–water partition coefficient (Wildman–Crippen LogP) is 6.22. The number of carbonyl (C=O) groups is 2. The first kappa shape index (κ1) is 32.1. The van der Waals surface area contributed by atoms with E-state index in [0.717, 1.165) is 4.90 Å². The van der Waals surface area contributed by atoms with Crippen molar-refractivity contribution in [2.24, 2.45) is 11.7 Å². The van der Waals surface area contributed by atoms with Crippen LogP contribution in [0.1, 0.15) is 66.1 Å². The fraction of sp³-hybridized carbons (Fsp3) is 0.481. The van der Waals surface area contributed by atoms with Gasteiger partial charge in [0.05, 0.1) is 17.2 Å². The number of aliphatic hydroxyl groups excluding tert-OH is 1. The minimum Gasteiger partial charge on any atom is -0.396 e. The Kier molecular flexibility index (Phi) is 9.28. The first-order chi connectivity index (χ1) is 18.9. The van der Waals surface area contributed by atoms with Crippen LogP contribution < -0.4 is 11.2 Å². The molecule has 226 valence electrons. The smallest absolute Gasteiger partial charge is 0.396 e. The number of nitrogens with two attached hydrogens (primary N) is 1. The zero-order valence-electron chi connectivity index (χ0n) is 22.6. The number of aliphatic hydroxyl groups is 1. The van der Waals surface area contributed by atoms with Crippen molar-refractivity contribution >= 4 is 12.1 Å². The van der Waals surface area contributed by atoms with Crippen LogP contribution in [0, 0.1) is 18.7 Å². The van der Waals surface area contributed by atoms with Crippen LogP contribution in [0.3, 0.4) is 0 Å². The molecular weight excluding hydrogens is 561 g/mol. The van der Waals surface area contributed by atoms with Gasteiger partial charge in [-0.05, 0) is 73.7 Å². The number of quaternary nitrogens is 1. The minimum atomic E-state index is -5.08. The van der Waals surface area contributed by atoms with Crippen molar-refractivity contribution in [2.75, 3.05) is 20.2 Å². The summed E-state index contributed by atoms with van der Waals surface area (Å²) >= 11 is 0. The van der Waals surface area contributed by atoms with Gasteiger partial charge < -0.3 is 10.8 Å². The molecule has 41 heavy (non-hydrogen) atoms. The number of nitrogens with zero attached hydrogens (tertiary/aromatic N) is 2. The standard InChI is InChI=1S/C27H31F7N4O3/c1-15-10-21(28)4-5-22(15)23-11-17(7-9-39)6-8-38(23,36-24(35)40)25(41)37(3)16(2)18-12-19(26(29,30)31)14-20(13-18)27(32,33)34/h4-5,10,12-14,16-17,23,39H,6-9,11H2,1-3H3,(H2-,35,36,40)/p+1/t16?,17-,23-,38?/m1/s1. The van der Waals surface area contributed by atoms with E-state index < -0.39 is 63.6 Å². The zero-order valence-corrected chi connectivity index (χ0v) is 22.6. The highest BCUT2D eigenvalue weighted by Gasteiger charge is 2.53. The van der Waals surface area contributed by atoms with Gasteiger partial charge in [0.1, 0.15) is 18.4 Å². The lowest BCUT2D eigenvalue weighted by atomic mass is 9.83. The number of piperidine rings is 1. The second-order valence-electron chi connectivity index (χ2n) is 10.4. The number of aryl methyl sites for hydroxylation is 1. The Morgan fingerprint density at radius 1 is 1.10 bits per heavy atom.